The van der Waals surface area contributed by atoms with Gasteiger partial charge in [0, 0.05) is 24.2 Å². The molecule has 3 N–H and O–H groups in total. The highest BCUT2D eigenvalue weighted by Crippen LogP contribution is 2.40. The normalized spacial score (nSPS) is 13.3. The van der Waals surface area contributed by atoms with Crippen LogP contribution in [0.5, 0.6) is 0 Å². The number of carbonyl (C=O) groups excluding carboxylic acids is 1. The number of amides is 1. The van der Waals surface area contributed by atoms with Crippen molar-refractivity contribution in [3.05, 3.63) is 46.8 Å². The highest BCUT2D eigenvalue weighted by atomic mass is 16.5. The van der Waals surface area contributed by atoms with Crippen LogP contribution in [0.1, 0.15) is 60.0 Å². The lowest BCUT2D eigenvalue weighted by atomic mass is 10.1. The summed E-state index contributed by atoms with van der Waals surface area (Å²) in [6, 6.07) is 7.40. The number of nitrogens with zero attached hydrogens (tertiary/aromatic N) is 1. The number of nitrogens with one attached hydrogen (secondary N) is 1. The zero-order valence-electron chi connectivity index (χ0n) is 13.3. The lowest BCUT2D eigenvalue weighted by molar-refractivity contribution is 0.101. The Morgan fingerprint density at radius 1 is 1.36 bits per heavy atom. The van der Waals surface area contributed by atoms with Crippen molar-refractivity contribution in [2.75, 3.05) is 5.32 Å². The molecule has 0 unspecified atom stereocenters. The molecule has 3 rings (SSSR count). The monoisotopic (exact) mass is 301 g/mol. The molecule has 1 aliphatic rings. The third-order valence-electron chi connectivity index (χ3n) is 3.56. The molecule has 2 aromatic rings. The minimum absolute atomic E-state index is 0.249. The first-order chi connectivity index (χ1) is 10.7. The Morgan fingerprint density at radius 2 is 2.09 bits per heavy atom. The summed E-state index contributed by atoms with van der Waals surface area (Å²) in [6.45, 7) is 6.47. The van der Waals surface area contributed by atoms with E-state index in [0.29, 0.717) is 18.2 Å². The van der Waals surface area contributed by atoms with Gasteiger partial charge in [0.2, 0.25) is 0 Å². The van der Waals surface area contributed by atoms with Gasteiger partial charge in [-0.25, -0.2) is 0 Å². The maximum Gasteiger partial charge on any atom is 0.277 e. The van der Waals surface area contributed by atoms with Crippen LogP contribution in [-0.4, -0.2) is 11.1 Å². The zero-order chi connectivity index (χ0) is 16.1. The molecule has 0 bridgehead atoms. The molecule has 5 heteroatoms. The molecule has 1 aliphatic carbocycles. The van der Waals surface area contributed by atoms with Gasteiger partial charge in [0.05, 0.1) is 0 Å². The fourth-order valence-corrected chi connectivity index (χ4v) is 2.15. The van der Waals surface area contributed by atoms with Gasteiger partial charge in [0.1, 0.15) is 5.76 Å². The van der Waals surface area contributed by atoms with Crippen molar-refractivity contribution in [3.8, 4) is 0 Å². The van der Waals surface area contributed by atoms with Gasteiger partial charge in [-0.15, -0.1) is 0 Å². The summed E-state index contributed by atoms with van der Waals surface area (Å²) in [6.07, 6.45) is 2.24. The van der Waals surface area contributed by atoms with Crippen molar-refractivity contribution in [3.63, 3.8) is 0 Å². The minimum Gasteiger partial charge on any atom is -0.360 e. The fourth-order valence-electron chi connectivity index (χ4n) is 2.15. The van der Waals surface area contributed by atoms with Crippen molar-refractivity contribution < 1.29 is 9.32 Å². The van der Waals surface area contributed by atoms with Gasteiger partial charge in [0.25, 0.3) is 5.91 Å². The average Bonchev–Trinajstić information content (AvgIpc) is 3.26. The van der Waals surface area contributed by atoms with E-state index < -0.39 is 0 Å². The summed E-state index contributed by atoms with van der Waals surface area (Å²) in [7, 11) is 0. The molecule has 118 valence electrons. The summed E-state index contributed by atoms with van der Waals surface area (Å²) in [5.41, 5.74) is 8.81. The van der Waals surface area contributed by atoms with Crippen molar-refractivity contribution in [2.24, 2.45) is 5.73 Å². The molecule has 0 atom stereocenters. The SMILES string of the molecule is CC.Cc1cc(NC(=O)c2cc(C3CC3)on2)ccc1CN. The number of aromatic nitrogens is 1. The van der Waals surface area contributed by atoms with Crippen molar-refractivity contribution in [1.29, 1.82) is 0 Å². The Hall–Kier alpha value is -2.14. The number of nitrogens with two attached hydrogens (primary N) is 1. The van der Waals surface area contributed by atoms with E-state index in [4.69, 9.17) is 10.3 Å². The minimum atomic E-state index is -0.249. The summed E-state index contributed by atoms with van der Waals surface area (Å²) in [5.74, 6) is 1.01. The zero-order valence-corrected chi connectivity index (χ0v) is 13.3. The predicted octanol–water partition coefficient (Wildman–Crippen LogP) is 3.60. The number of hydrogen-bond acceptors (Lipinski definition) is 4. The lowest BCUT2D eigenvalue weighted by Crippen LogP contribution is -2.12. The number of anilines is 1. The Bertz CT molecular complexity index is 645. The summed E-state index contributed by atoms with van der Waals surface area (Å²) >= 11 is 0. The third kappa shape index (κ3) is 3.74. The first-order valence-electron chi connectivity index (χ1n) is 7.75. The molecule has 1 aromatic heterocycles. The third-order valence-corrected chi connectivity index (χ3v) is 3.56. The van der Waals surface area contributed by atoms with E-state index in [9.17, 15) is 4.79 Å². The van der Waals surface area contributed by atoms with Crippen LogP contribution in [0.4, 0.5) is 5.69 Å². The van der Waals surface area contributed by atoms with Gasteiger partial charge in [-0.2, -0.15) is 0 Å². The molecule has 0 radical (unpaired) electrons. The van der Waals surface area contributed by atoms with Gasteiger partial charge >= 0.3 is 0 Å². The van der Waals surface area contributed by atoms with Crippen LogP contribution < -0.4 is 11.1 Å². The number of carbonyl (C=O) groups is 1. The quantitative estimate of drug-likeness (QED) is 0.904. The number of aryl methyl sites for hydroxylation is 1. The van der Waals surface area contributed by atoms with E-state index in [1.165, 1.54) is 0 Å². The first kappa shape index (κ1) is 16.2. The second kappa shape index (κ2) is 7.22. The van der Waals surface area contributed by atoms with E-state index in [-0.39, 0.29) is 5.91 Å². The van der Waals surface area contributed by atoms with E-state index in [1.54, 1.807) is 6.07 Å². The highest BCUT2D eigenvalue weighted by Gasteiger charge is 2.28. The molecular formula is C17H23N3O2. The summed E-state index contributed by atoms with van der Waals surface area (Å²) in [4.78, 5) is 12.1. The molecule has 1 fully saturated rings. The van der Waals surface area contributed by atoms with E-state index in [1.807, 2.05) is 39.0 Å². The molecule has 0 spiro atoms. The van der Waals surface area contributed by atoms with E-state index in [2.05, 4.69) is 10.5 Å². The molecule has 1 aromatic carbocycles. The Balaban J connectivity index is 0.000000847. The number of hydrogen-bond donors (Lipinski definition) is 2. The molecule has 5 nitrogen and oxygen atoms in total. The molecule has 1 saturated carbocycles. The molecule has 1 amide bonds. The van der Waals surface area contributed by atoms with Crippen LogP contribution in [0.25, 0.3) is 0 Å². The average molecular weight is 301 g/mol. The van der Waals surface area contributed by atoms with E-state index >= 15 is 0 Å². The van der Waals surface area contributed by atoms with Gasteiger partial charge < -0.3 is 15.6 Å². The summed E-state index contributed by atoms with van der Waals surface area (Å²) < 4.78 is 5.18. The Kier molecular flexibility index (Phi) is 5.33. The Morgan fingerprint density at radius 3 is 2.68 bits per heavy atom. The smallest absolute Gasteiger partial charge is 0.277 e. The van der Waals surface area contributed by atoms with Crippen molar-refractivity contribution in [2.45, 2.75) is 46.1 Å². The first-order valence-corrected chi connectivity index (χ1v) is 7.75. The van der Waals surface area contributed by atoms with Crippen LogP contribution in [0.15, 0.2) is 28.8 Å². The maximum absolute atomic E-state index is 12.1. The van der Waals surface area contributed by atoms with Crippen LogP contribution in [0.2, 0.25) is 0 Å². The van der Waals surface area contributed by atoms with E-state index in [0.717, 1.165) is 35.4 Å². The standard InChI is InChI=1S/C15H17N3O2.C2H6/c1-9-6-12(5-4-11(9)8-16)17-15(19)13-7-14(20-18-13)10-2-3-10;1-2/h4-7,10H,2-3,8,16H2,1H3,(H,17,19);1-2H3. The van der Waals surface area contributed by atoms with Crippen LogP contribution in [0, 0.1) is 6.92 Å². The van der Waals surface area contributed by atoms with Crippen molar-refractivity contribution >= 4 is 11.6 Å². The van der Waals surface area contributed by atoms with Gasteiger partial charge in [-0.1, -0.05) is 25.1 Å². The fraction of sp³-hybridized carbons (Fsp3) is 0.412. The summed E-state index contributed by atoms with van der Waals surface area (Å²) in [5, 5.41) is 6.64. The highest BCUT2D eigenvalue weighted by molar-refractivity contribution is 6.02. The molecule has 22 heavy (non-hydrogen) atoms. The molecule has 0 aliphatic heterocycles. The maximum atomic E-state index is 12.1. The van der Waals surface area contributed by atoms with Gasteiger partial charge in [0.15, 0.2) is 5.69 Å². The van der Waals surface area contributed by atoms with Crippen molar-refractivity contribution in [1.82, 2.24) is 5.16 Å². The Labute approximate surface area is 130 Å². The number of benzene rings is 1. The van der Waals surface area contributed by atoms with Crippen LogP contribution in [-0.2, 0) is 6.54 Å². The molecule has 1 heterocycles. The molecular weight excluding hydrogens is 278 g/mol. The second-order valence-corrected chi connectivity index (χ2v) is 5.19. The topological polar surface area (TPSA) is 81.2 Å². The predicted molar refractivity (Wildman–Crippen MR) is 86.8 cm³/mol. The van der Waals surface area contributed by atoms with Crippen LogP contribution in [0.3, 0.4) is 0 Å². The van der Waals surface area contributed by atoms with Crippen LogP contribution >= 0.6 is 0 Å². The largest absolute Gasteiger partial charge is 0.360 e. The number of rotatable bonds is 4. The van der Waals surface area contributed by atoms with Gasteiger partial charge in [-0.3, -0.25) is 4.79 Å². The second-order valence-electron chi connectivity index (χ2n) is 5.19. The molecule has 0 saturated heterocycles. The lowest BCUT2D eigenvalue weighted by Gasteiger charge is -2.07. The van der Waals surface area contributed by atoms with Gasteiger partial charge in [-0.05, 0) is 43.0 Å².